The third-order valence-corrected chi connectivity index (χ3v) is 2.39. The Morgan fingerprint density at radius 3 is 2.33 bits per heavy atom. The maximum absolute atomic E-state index is 8.55. The summed E-state index contributed by atoms with van der Waals surface area (Å²) in [4.78, 5) is 0. The van der Waals surface area contributed by atoms with Crippen LogP contribution in [0.4, 0.5) is 0 Å². The fourth-order valence-electron chi connectivity index (χ4n) is 1.05. The van der Waals surface area contributed by atoms with Gasteiger partial charge in [0, 0.05) is 4.47 Å². The Morgan fingerprint density at radius 1 is 1.20 bits per heavy atom. The summed E-state index contributed by atoms with van der Waals surface area (Å²) in [5.74, 6) is -0.545. The van der Waals surface area contributed by atoms with Crippen LogP contribution in [0.3, 0.4) is 0 Å². The second kappa shape index (κ2) is 6.01. The first-order valence-electron chi connectivity index (χ1n) is 4.47. The van der Waals surface area contributed by atoms with E-state index in [0.717, 1.165) is 10.0 Å². The van der Waals surface area contributed by atoms with Crippen molar-refractivity contribution in [1.29, 1.82) is 10.5 Å². The highest BCUT2D eigenvalue weighted by Gasteiger charge is 2.00. The summed E-state index contributed by atoms with van der Waals surface area (Å²) in [5.41, 5.74) is 1.06. The molecule has 0 N–H and O–H groups in total. The van der Waals surface area contributed by atoms with Crippen molar-refractivity contribution in [3.05, 3.63) is 40.4 Å². The van der Waals surface area contributed by atoms with Gasteiger partial charge in [-0.05, 0) is 24.1 Å². The highest BCUT2D eigenvalue weighted by molar-refractivity contribution is 9.10. The molecular weight excluding hydrogens is 252 g/mol. The first-order valence-corrected chi connectivity index (χ1v) is 5.27. The van der Waals surface area contributed by atoms with Gasteiger partial charge in [0.15, 0.2) is 0 Å². The highest BCUT2D eigenvalue weighted by atomic mass is 79.9. The molecule has 3 heteroatoms. The number of halogens is 1. The Kier molecular flexibility index (Phi) is 4.60. The zero-order chi connectivity index (χ0) is 11.1. The van der Waals surface area contributed by atoms with Gasteiger partial charge in [0.2, 0.25) is 0 Å². The molecule has 0 fully saturated rings. The number of nitriles is 2. The average Bonchev–Trinajstić information content (AvgIpc) is 2.27. The summed E-state index contributed by atoms with van der Waals surface area (Å²) in [6.45, 7) is 0. The molecule has 74 valence electrons. The molecule has 0 radical (unpaired) electrons. The normalized spacial score (nSPS) is 10.1. The minimum atomic E-state index is -0.545. The lowest BCUT2D eigenvalue weighted by Gasteiger charge is -1.94. The van der Waals surface area contributed by atoms with E-state index in [1.54, 1.807) is 0 Å². The molecule has 15 heavy (non-hydrogen) atoms. The van der Waals surface area contributed by atoms with Crippen LogP contribution in [0.1, 0.15) is 12.0 Å². The molecular formula is C12H9BrN2. The van der Waals surface area contributed by atoms with Gasteiger partial charge >= 0.3 is 0 Å². The lowest BCUT2D eigenvalue weighted by atomic mass is 10.1. The van der Waals surface area contributed by atoms with E-state index in [1.165, 1.54) is 0 Å². The fraction of sp³-hybridized carbons (Fsp3) is 0.167. The van der Waals surface area contributed by atoms with Gasteiger partial charge in [-0.3, -0.25) is 0 Å². The smallest absolute Gasteiger partial charge is 0.136 e. The maximum atomic E-state index is 8.55. The Hall–Kier alpha value is -1.58. The quantitative estimate of drug-likeness (QED) is 0.835. The van der Waals surface area contributed by atoms with Crippen molar-refractivity contribution in [2.45, 2.75) is 6.42 Å². The Labute approximate surface area is 97.6 Å². The largest absolute Gasteiger partial charge is 0.197 e. The van der Waals surface area contributed by atoms with E-state index in [2.05, 4.69) is 15.9 Å². The van der Waals surface area contributed by atoms with Crippen LogP contribution in [-0.4, -0.2) is 0 Å². The topological polar surface area (TPSA) is 47.6 Å². The SMILES string of the molecule is N#CC(C#N)C/C=C/c1ccc(Br)cc1. The summed E-state index contributed by atoms with van der Waals surface area (Å²) >= 11 is 3.35. The van der Waals surface area contributed by atoms with Gasteiger partial charge in [-0.2, -0.15) is 10.5 Å². The van der Waals surface area contributed by atoms with Crippen LogP contribution in [0.15, 0.2) is 34.8 Å². The number of rotatable bonds is 3. The molecule has 0 aromatic heterocycles. The van der Waals surface area contributed by atoms with E-state index < -0.39 is 5.92 Å². The zero-order valence-electron chi connectivity index (χ0n) is 8.02. The lowest BCUT2D eigenvalue weighted by molar-refractivity contribution is 0.865. The first-order chi connectivity index (χ1) is 7.26. The third kappa shape index (κ3) is 3.97. The number of hydrogen-bond acceptors (Lipinski definition) is 2. The number of allylic oxidation sites excluding steroid dienone is 1. The number of hydrogen-bond donors (Lipinski definition) is 0. The molecule has 0 aliphatic carbocycles. The molecule has 0 saturated heterocycles. The van der Waals surface area contributed by atoms with Gasteiger partial charge in [0.25, 0.3) is 0 Å². The Morgan fingerprint density at radius 2 is 1.80 bits per heavy atom. The minimum Gasteiger partial charge on any atom is -0.197 e. The van der Waals surface area contributed by atoms with Crippen molar-refractivity contribution in [2.24, 2.45) is 5.92 Å². The van der Waals surface area contributed by atoms with E-state index in [4.69, 9.17) is 10.5 Å². The summed E-state index contributed by atoms with van der Waals surface area (Å²) in [5, 5.41) is 17.1. The molecule has 1 aromatic rings. The molecule has 0 saturated carbocycles. The zero-order valence-corrected chi connectivity index (χ0v) is 9.61. The van der Waals surface area contributed by atoms with Crippen LogP contribution in [0.2, 0.25) is 0 Å². The van der Waals surface area contributed by atoms with Gasteiger partial charge in [0.1, 0.15) is 5.92 Å². The first kappa shape index (κ1) is 11.5. The Balaban J connectivity index is 2.56. The van der Waals surface area contributed by atoms with E-state index in [1.807, 2.05) is 48.6 Å². The van der Waals surface area contributed by atoms with Crippen molar-refractivity contribution in [2.75, 3.05) is 0 Å². The molecule has 0 aliphatic rings. The molecule has 0 spiro atoms. The van der Waals surface area contributed by atoms with E-state index in [-0.39, 0.29) is 0 Å². The third-order valence-electron chi connectivity index (χ3n) is 1.86. The average molecular weight is 261 g/mol. The van der Waals surface area contributed by atoms with Crippen LogP contribution in [0, 0.1) is 28.6 Å². The molecule has 0 heterocycles. The number of nitrogens with zero attached hydrogens (tertiary/aromatic N) is 2. The van der Waals surface area contributed by atoms with Gasteiger partial charge in [-0.25, -0.2) is 0 Å². The summed E-state index contributed by atoms with van der Waals surface area (Å²) in [6, 6.07) is 11.7. The monoisotopic (exact) mass is 260 g/mol. The van der Waals surface area contributed by atoms with Gasteiger partial charge in [-0.1, -0.05) is 40.2 Å². The van der Waals surface area contributed by atoms with Crippen molar-refractivity contribution < 1.29 is 0 Å². The predicted octanol–water partition coefficient (Wildman–Crippen LogP) is 3.52. The molecule has 0 aliphatic heterocycles. The van der Waals surface area contributed by atoms with Crippen molar-refractivity contribution in [3.8, 4) is 12.1 Å². The second-order valence-corrected chi connectivity index (χ2v) is 3.92. The summed E-state index contributed by atoms with van der Waals surface area (Å²) in [7, 11) is 0. The maximum Gasteiger partial charge on any atom is 0.136 e. The van der Waals surface area contributed by atoms with Crippen LogP contribution >= 0.6 is 15.9 Å². The lowest BCUT2D eigenvalue weighted by Crippen LogP contribution is -1.88. The fourth-order valence-corrected chi connectivity index (χ4v) is 1.31. The molecule has 1 rings (SSSR count). The van der Waals surface area contributed by atoms with Crippen LogP contribution < -0.4 is 0 Å². The van der Waals surface area contributed by atoms with Crippen molar-refractivity contribution in [1.82, 2.24) is 0 Å². The van der Waals surface area contributed by atoms with E-state index in [9.17, 15) is 0 Å². The number of benzene rings is 1. The second-order valence-electron chi connectivity index (χ2n) is 3.00. The molecule has 0 amide bonds. The summed E-state index contributed by atoms with van der Waals surface area (Å²) < 4.78 is 1.03. The van der Waals surface area contributed by atoms with Gasteiger partial charge in [-0.15, -0.1) is 0 Å². The van der Waals surface area contributed by atoms with E-state index >= 15 is 0 Å². The molecule has 1 aromatic carbocycles. The van der Waals surface area contributed by atoms with Gasteiger partial charge < -0.3 is 0 Å². The molecule has 0 bridgehead atoms. The van der Waals surface area contributed by atoms with Crippen LogP contribution in [-0.2, 0) is 0 Å². The standard InChI is InChI=1S/C12H9BrN2/c13-12-6-4-10(5-7-12)2-1-3-11(8-14)9-15/h1-2,4-7,11H,3H2/b2-1+. The predicted molar refractivity (Wildman–Crippen MR) is 62.5 cm³/mol. The Bertz CT molecular complexity index is 406. The van der Waals surface area contributed by atoms with Crippen molar-refractivity contribution in [3.63, 3.8) is 0 Å². The molecule has 0 atom stereocenters. The van der Waals surface area contributed by atoms with Crippen LogP contribution in [0.25, 0.3) is 6.08 Å². The summed E-state index contributed by atoms with van der Waals surface area (Å²) in [6.07, 6.45) is 4.23. The molecule has 2 nitrogen and oxygen atoms in total. The highest BCUT2D eigenvalue weighted by Crippen LogP contribution is 2.12. The van der Waals surface area contributed by atoms with Gasteiger partial charge in [0.05, 0.1) is 12.1 Å². The van der Waals surface area contributed by atoms with E-state index in [0.29, 0.717) is 6.42 Å². The molecule has 0 unspecified atom stereocenters. The van der Waals surface area contributed by atoms with Crippen molar-refractivity contribution >= 4 is 22.0 Å². The minimum absolute atomic E-state index is 0.475. The van der Waals surface area contributed by atoms with Crippen LogP contribution in [0.5, 0.6) is 0 Å².